The minimum Gasteiger partial charge on any atom is -0.326 e. The molecule has 0 atom stereocenters. The molecule has 0 radical (unpaired) electrons. The highest BCUT2D eigenvalue weighted by atomic mass is 79.9. The average molecular weight is 263 g/mol. The molecule has 0 fully saturated rings. The van der Waals surface area contributed by atoms with Gasteiger partial charge in [0.25, 0.3) is 0 Å². The van der Waals surface area contributed by atoms with Crippen molar-refractivity contribution in [1.29, 1.82) is 0 Å². The van der Waals surface area contributed by atoms with Gasteiger partial charge in [0.05, 0.1) is 0 Å². The quantitative estimate of drug-likeness (QED) is 0.904. The highest BCUT2D eigenvalue weighted by Crippen LogP contribution is 2.25. The van der Waals surface area contributed by atoms with E-state index < -0.39 is 0 Å². The van der Waals surface area contributed by atoms with Gasteiger partial charge in [-0.1, -0.05) is 22.0 Å². The van der Waals surface area contributed by atoms with Crippen LogP contribution in [0.4, 0.5) is 0 Å². The minimum atomic E-state index is 0.539. The van der Waals surface area contributed by atoms with Gasteiger partial charge in [-0.05, 0) is 41.0 Å². The molecule has 0 aliphatic rings. The Morgan fingerprint density at radius 1 is 1.13 bits per heavy atom. The van der Waals surface area contributed by atoms with Crippen molar-refractivity contribution in [2.24, 2.45) is 5.73 Å². The first-order valence-corrected chi connectivity index (χ1v) is 5.49. The second kappa shape index (κ2) is 4.55. The van der Waals surface area contributed by atoms with Gasteiger partial charge in [0.15, 0.2) is 0 Å². The Kier molecular flexibility index (Phi) is 3.14. The molecule has 0 aliphatic carbocycles. The number of nitrogens with zero attached hydrogens (tertiary/aromatic N) is 1. The summed E-state index contributed by atoms with van der Waals surface area (Å²) in [6.07, 6.45) is 3.58. The summed E-state index contributed by atoms with van der Waals surface area (Å²) in [5.41, 5.74) is 9.18. The van der Waals surface area contributed by atoms with Crippen LogP contribution in [0.1, 0.15) is 5.56 Å². The van der Waals surface area contributed by atoms with E-state index in [1.807, 2.05) is 18.2 Å². The average Bonchev–Trinajstić information content (AvgIpc) is 2.30. The summed E-state index contributed by atoms with van der Waals surface area (Å²) >= 11 is 3.44. The first-order valence-electron chi connectivity index (χ1n) is 4.70. The van der Waals surface area contributed by atoms with E-state index in [1.165, 1.54) is 5.56 Å². The van der Waals surface area contributed by atoms with Crippen LogP contribution in [0, 0.1) is 0 Å². The van der Waals surface area contributed by atoms with Crippen molar-refractivity contribution < 1.29 is 0 Å². The van der Waals surface area contributed by atoms with Crippen LogP contribution in [0.5, 0.6) is 0 Å². The maximum Gasteiger partial charge on any atom is 0.0273 e. The van der Waals surface area contributed by atoms with Crippen LogP contribution in [-0.2, 0) is 6.54 Å². The molecule has 15 heavy (non-hydrogen) atoms. The molecule has 0 amide bonds. The lowest BCUT2D eigenvalue weighted by Gasteiger charge is -2.08. The third kappa shape index (κ3) is 2.25. The van der Waals surface area contributed by atoms with Gasteiger partial charge in [0.1, 0.15) is 0 Å². The number of pyridine rings is 1. The van der Waals surface area contributed by atoms with Gasteiger partial charge in [0.2, 0.25) is 0 Å². The largest absolute Gasteiger partial charge is 0.326 e. The minimum absolute atomic E-state index is 0.539. The Labute approximate surface area is 97.3 Å². The monoisotopic (exact) mass is 262 g/mol. The molecule has 2 rings (SSSR count). The maximum atomic E-state index is 5.72. The first kappa shape index (κ1) is 10.3. The second-order valence-corrected chi connectivity index (χ2v) is 4.16. The van der Waals surface area contributed by atoms with Gasteiger partial charge >= 0.3 is 0 Å². The third-order valence-corrected chi connectivity index (χ3v) is 2.77. The molecule has 3 heteroatoms. The lowest BCUT2D eigenvalue weighted by Crippen LogP contribution is -1.98. The van der Waals surface area contributed by atoms with Crippen LogP contribution in [0.15, 0.2) is 47.2 Å². The summed E-state index contributed by atoms with van der Waals surface area (Å²) in [7, 11) is 0. The van der Waals surface area contributed by atoms with E-state index in [-0.39, 0.29) is 0 Å². The Morgan fingerprint density at radius 2 is 1.87 bits per heavy atom. The Balaban J connectivity index is 2.53. The topological polar surface area (TPSA) is 38.9 Å². The van der Waals surface area contributed by atoms with E-state index in [9.17, 15) is 0 Å². The summed E-state index contributed by atoms with van der Waals surface area (Å²) in [5.74, 6) is 0. The van der Waals surface area contributed by atoms with Gasteiger partial charge in [-0.25, -0.2) is 0 Å². The molecule has 1 aromatic carbocycles. The number of rotatable bonds is 2. The zero-order chi connectivity index (χ0) is 10.7. The van der Waals surface area contributed by atoms with Crippen molar-refractivity contribution >= 4 is 15.9 Å². The highest BCUT2D eigenvalue weighted by molar-refractivity contribution is 9.10. The van der Waals surface area contributed by atoms with E-state index in [0.29, 0.717) is 6.54 Å². The van der Waals surface area contributed by atoms with Gasteiger partial charge in [-0.15, -0.1) is 0 Å². The number of aromatic nitrogens is 1. The summed E-state index contributed by atoms with van der Waals surface area (Å²) in [5, 5.41) is 0. The van der Waals surface area contributed by atoms with E-state index in [0.717, 1.165) is 15.6 Å². The van der Waals surface area contributed by atoms with E-state index in [2.05, 4.69) is 33.0 Å². The van der Waals surface area contributed by atoms with Crippen LogP contribution < -0.4 is 5.73 Å². The maximum absolute atomic E-state index is 5.72. The van der Waals surface area contributed by atoms with Gasteiger partial charge in [0, 0.05) is 23.4 Å². The predicted molar refractivity (Wildman–Crippen MR) is 65.3 cm³/mol. The number of halogens is 1. The van der Waals surface area contributed by atoms with Crippen LogP contribution in [0.2, 0.25) is 0 Å². The number of hydrogen-bond acceptors (Lipinski definition) is 2. The van der Waals surface area contributed by atoms with Crippen molar-refractivity contribution in [2.45, 2.75) is 6.54 Å². The molecule has 0 saturated carbocycles. The Morgan fingerprint density at radius 3 is 2.53 bits per heavy atom. The van der Waals surface area contributed by atoms with Crippen molar-refractivity contribution in [3.8, 4) is 11.1 Å². The summed E-state index contributed by atoms with van der Waals surface area (Å²) in [4.78, 5) is 4.00. The first-order chi connectivity index (χ1) is 7.31. The predicted octanol–water partition coefficient (Wildman–Crippen LogP) is 2.97. The van der Waals surface area contributed by atoms with Crippen molar-refractivity contribution in [3.63, 3.8) is 0 Å². The molecule has 1 heterocycles. The highest BCUT2D eigenvalue weighted by Gasteiger charge is 2.03. The number of hydrogen-bond donors (Lipinski definition) is 1. The van der Waals surface area contributed by atoms with Crippen molar-refractivity contribution in [3.05, 3.63) is 52.8 Å². The molecule has 2 N–H and O–H groups in total. The normalized spacial score (nSPS) is 10.3. The molecule has 0 spiro atoms. The Bertz CT molecular complexity index is 454. The van der Waals surface area contributed by atoms with E-state index in [4.69, 9.17) is 5.73 Å². The molecule has 2 aromatic rings. The molecule has 2 nitrogen and oxygen atoms in total. The van der Waals surface area contributed by atoms with Crippen LogP contribution >= 0.6 is 15.9 Å². The summed E-state index contributed by atoms with van der Waals surface area (Å²) in [6, 6.07) is 10.1. The lowest BCUT2D eigenvalue weighted by molar-refractivity contribution is 1.07. The van der Waals surface area contributed by atoms with Gasteiger partial charge in [-0.2, -0.15) is 0 Å². The van der Waals surface area contributed by atoms with Crippen LogP contribution in [0.3, 0.4) is 0 Å². The van der Waals surface area contributed by atoms with Crippen molar-refractivity contribution in [2.75, 3.05) is 0 Å². The van der Waals surface area contributed by atoms with E-state index in [1.54, 1.807) is 12.4 Å². The fourth-order valence-electron chi connectivity index (χ4n) is 1.54. The van der Waals surface area contributed by atoms with Gasteiger partial charge < -0.3 is 5.73 Å². The SMILES string of the molecule is NCc1cc(Br)ccc1-c1ccncc1. The zero-order valence-electron chi connectivity index (χ0n) is 8.15. The van der Waals surface area contributed by atoms with Crippen molar-refractivity contribution in [1.82, 2.24) is 4.98 Å². The van der Waals surface area contributed by atoms with Crippen LogP contribution in [-0.4, -0.2) is 4.98 Å². The van der Waals surface area contributed by atoms with Gasteiger partial charge in [-0.3, -0.25) is 4.98 Å². The summed E-state index contributed by atoms with van der Waals surface area (Å²) in [6.45, 7) is 0.539. The molecule has 0 aliphatic heterocycles. The standard InChI is InChI=1S/C12H11BrN2/c13-11-1-2-12(10(7-11)8-14)9-3-5-15-6-4-9/h1-7H,8,14H2. The molecule has 0 unspecified atom stereocenters. The van der Waals surface area contributed by atoms with Crippen LogP contribution in [0.25, 0.3) is 11.1 Å². The number of nitrogens with two attached hydrogens (primary N) is 1. The third-order valence-electron chi connectivity index (χ3n) is 2.28. The molecule has 0 bridgehead atoms. The zero-order valence-corrected chi connectivity index (χ0v) is 9.74. The second-order valence-electron chi connectivity index (χ2n) is 3.24. The Hall–Kier alpha value is -1.19. The smallest absolute Gasteiger partial charge is 0.0273 e. The molecule has 0 saturated heterocycles. The fourth-order valence-corrected chi connectivity index (χ4v) is 1.95. The number of benzene rings is 1. The molecular formula is C12H11BrN2. The van der Waals surface area contributed by atoms with E-state index >= 15 is 0 Å². The lowest BCUT2D eigenvalue weighted by atomic mass is 10.0. The molecule has 1 aromatic heterocycles. The molecule has 76 valence electrons. The summed E-state index contributed by atoms with van der Waals surface area (Å²) < 4.78 is 1.06. The fraction of sp³-hybridized carbons (Fsp3) is 0.0833. The molecular weight excluding hydrogens is 252 g/mol.